The molecule has 0 radical (unpaired) electrons. The van der Waals surface area contributed by atoms with E-state index in [2.05, 4.69) is 4.90 Å². The summed E-state index contributed by atoms with van der Waals surface area (Å²) in [5.41, 5.74) is 0.603. The third-order valence-electron chi connectivity index (χ3n) is 5.75. The van der Waals surface area contributed by atoms with E-state index in [1.807, 2.05) is 22.9 Å². The minimum Gasteiger partial charge on any atom is -0.396 e. The molecule has 0 unspecified atom stereocenters. The molecule has 1 amide bonds. The van der Waals surface area contributed by atoms with Gasteiger partial charge in [0.25, 0.3) is 0 Å². The molecule has 27 heavy (non-hydrogen) atoms. The van der Waals surface area contributed by atoms with E-state index in [1.54, 1.807) is 12.1 Å². The summed E-state index contributed by atoms with van der Waals surface area (Å²) in [5.74, 6) is 0.418. The molecule has 2 saturated heterocycles. The molecule has 1 aromatic carbocycles. The zero-order chi connectivity index (χ0) is 19.2. The predicted molar refractivity (Wildman–Crippen MR) is 104 cm³/mol. The Balaban J connectivity index is 1.54. The molecule has 2 fully saturated rings. The first-order chi connectivity index (χ1) is 13.0. The summed E-state index contributed by atoms with van der Waals surface area (Å²) in [6.07, 6.45) is 3.51. The standard InChI is InChI=1S/C21H32FN3O2/c1-23(14-19-6-2-3-7-20(19)22)15-21(27)25-12-17(10-18(13-25)16-26)11-24-8-4-5-9-24/h2-3,6-7,17-18,26H,4-5,8-16H2,1H3/t17-,18-/m0/s1. The van der Waals surface area contributed by atoms with Gasteiger partial charge in [0.05, 0.1) is 6.54 Å². The molecule has 2 heterocycles. The highest BCUT2D eigenvalue weighted by atomic mass is 19.1. The van der Waals surface area contributed by atoms with E-state index >= 15 is 0 Å². The number of hydrogen-bond donors (Lipinski definition) is 1. The van der Waals surface area contributed by atoms with E-state index in [9.17, 15) is 14.3 Å². The highest BCUT2D eigenvalue weighted by Crippen LogP contribution is 2.24. The maximum Gasteiger partial charge on any atom is 0.236 e. The molecule has 0 spiro atoms. The molecule has 0 aliphatic carbocycles. The number of hydrogen-bond acceptors (Lipinski definition) is 4. The van der Waals surface area contributed by atoms with Gasteiger partial charge < -0.3 is 14.9 Å². The van der Waals surface area contributed by atoms with E-state index < -0.39 is 0 Å². The first-order valence-corrected chi connectivity index (χ1v) is 10.1. The van der Waals surface area contributed by atoms with Crippen molar-refractivity contribution in [3.8, 4) is 0 Å². The largest absolute Gasteiger partial charge is 0.396 e. The van der Waals surface area contributed by atoms with Crippen molar-refractivity contribution in [3.63, 3.8) is 0 Å². The van der Waals surface area contributed by atoms with E-state index in [-0.39, 0.29) is 30.8 Å². The number of rotatable bonds is 7. The van der Waals surface area contributed by atoms with Gasteiger partial charge in [-0.05, 0) is 57.3 Å². The molecule has 0 bridgehead atoms. The average Bonchev–Trinajstić information content (AvgIpc) is 3.16. The molecular weight excluding hydrogens is 345 g/mol. The fourth-order valence-electron chi connectivity index (χ4n) is 4.42. The Morgan fingerprint density at radius 2 is 1.93 bits per heavy atom. The van der Waals surface area contributed by atoms with Gasteiger partial charge in [0, 0.05) is 38.3 Å². The first-order valence-electron chi connectivity index (χ1n) is 10.1. The minimum absolute atomic E-state index is 0.0680. The summed E-state index contributed by atoms with van der Waals surface area (Å²) in [7, 11) is 1.85. The Morgan fingerprint density at radius 3 is 2.63 bits per heavy atom. The topological polar surface area (TPSA) is 47.0 Å². The number of carbonyl (C=O) groups excluding carboxylic acids is 1. The number of likely N-dealkylation sites (N-methyl/N-ethyl adjacent to an activating group) is 1. The Hall–Kier alpha value is -1.50. The van der Waals surface area contributed by atoms with Crippen molar-refractivity contribution in [2.75, 3.05) is 52.9 Å². The van der Waals surface area contributed by atoms with Crippen LogP contribution in [0.3, 0.4) is 0 Å². The molecular formula is C21H32FN3O2. The van der Waals surface area contributed by atoms with Crippen molar-refractivity contribution in [2.45, 2.75) is 25.8 Å². The van der Waals surface area contributed by atoms with E-state index in [0.717, 1.165) is 32.6 Å². The molecule has 0 saturated carbocycles. The van der Waals surface area contributed by atoms with Crippen LogP contribution in [-0.4, -0.2) is 78.6 Å². The number of likely N-dealkylation sites (tertiary alicyclic amines) is 2. The van der Waals surface area contributed by atoms with Gasteiger partial charge in [-0.1, -0.05) is 18.2 Å². The predicted octanol–water partition coefficient (Wildman–Crippen LogP) is 1.81. The second-order valence-electron chi connectivity index (χ2n) is 8.22. The number of piperidine rings is 1. The Bertz CT molecular complexity index is 621. The van der Waals surface area contributed by atoms with Crippen molar-refractivity contribution in [1.82, 2.24) is 14.7 Å². The molecule has 2 atom stereocenters. The highest BCUT2D eigenvalue weighted by Gasteiger charge is 2.31. The number of amides is 1. The molecule has 1 aromatic rings. The number of nitrogens with zero attached hydrogens (tertiary/aromatic N) is 3. The fourth-order valence-corrected chi connectivity index (χ4v) is 4.42. The lowest BCUT2D eigenvalue weighted by molar-refractivity contribution is -0.135. The lowest BCUT2D eigenvalue weighted by Gasteiger charge is -2.39. The smallest absolute Gasteiger partial charge is 0.236 e. The van der Waals surface area contributed by atoms with Crippen molar-refractivity contribution < 1.29 is 14.3 Å². The van der Waals surface area contributed by atoms with Crippen molar-refractivity contribution >= 4 is 5.91 Å². The fraction of sp³-hybridized carbons (Fsp3) is 0.667. The van der Waals surface area contributed by atoms with Crippen LogP contribution in [0.1, 0.15) is 24.8 Å². The zero-order valence-electron chi connectivity index (χ0n) is 16.3. The maximum absolute atomic E-state index is 13.8. The molecule has 0 aromatic heterocycles. The monoisotopic (exact) mass is 377 g/mol. The highest BCUT2D eigenvalue weighted by molar-refractivity contribution is 5.78. The van der Waals surface area contributed by atoms with Crippen LogP contribution in [-0.2, 0) is 11.3 Å². The van der Waals surface area contributed by atoms with Crippen LogP contribution in [0.15, 0.2) is 24.3 Å². The summed E-state index contributed by atoms with van der Waals surface area (Å²) in [6.45, 7) is 5.52. The SMILES string of the molecule is CN(CC(=O)N1C[C@@H](CO)C[C@@H](CN2CCCC2)C1)Cc1ccccc1F. The van der Waals surface area contributed by atoms with Gasteiger partial charge in [-0.15, -0.1) is 0 Å². The van der Waals surface area contributed by atoms with E-state index in [4.69, 9.17) is 0 Å². The minimum atomic E-state index is -0.235. The summed E-state index contributed by atoms with van der Waals surface area (Å²) >= 11 is 0. The maximum atomic E-state index is 13.8. The van der Waals surface area contributed by atoms with Gasteiger partial charge in [0.1, 0.15) is 5.82 Å². The van der Waals surface area contributed by atoms with E-state index in [1.165, 1.54) is 18.9 Å². The molecule has 3 rings (SSSR count). The van der Waals surface area contributed by atoms with Crippen molar-refractivity contribution in [3.05, 3.63) is 35.6 Å². The number of aliphatic hydroxyl groups excluding tert-OH is 1. The first kappa shape index (κ1) is 20.2. The third kappa shape index (κ3) is 5.74. The zero-order valence-corrected chi connectivity index (χ0v) is 16.3. The van der Waals surface area contributed by atoms with Crippen LogP contribution in [0, 0.1) is 17.7 Å². The lowest BCUT2D eigenvalue weighted by atomic mass is 9.89. The third-order valence-corrected chi connectivity index (χ3v) is 5.75. The van der Waals surface area contributed by atoms with Crippen LogP contribution < -0.4 is 0 Å². The molecule has 2 aliphatic heterocycles. The molecule has 6 heteroatoms. The van der Waals surface area contributed by atoms with Gasteiger partial charge in [-0.25, -0.2) is 4.39 Å². The summed E-state index contributed by atoms with van der Waals surface area (Å²) in [6, 6.07) is 6.69. The second-order valence-corrected chi connectivity index (χ2v) is 8.22. The molecule has 5 nitrogen and oxygen atoms in total. The Kier molecular flexibility index (Phi) is 7.21. The van der Waals surface area contributed by atoms with Crippen LogP contribution in [0.4, 0.5) is 4.39 Å². The molecule has 2 aliphatic rings. The van der Waals surface area contributed by atoms with Crippen molar-refractivity contribution in [1.29, 1.82) is 0 Å². The summed E-state index contributed by atoms with van der Waals surface area (Å²) in [5, 5.41) is 9.67. The lowest BCUT2D eigenvalue weighted by Crippen LogP contribution is -2.50. The van der Waals surface area contributed by atoms with Gasteiger partial charge in [0.15, 0.2) is 0 Å². The average molecular weight is 378 g/mol. The van der Waals surface area contributed by atoms with Gasteiger partial charge in [-0.2, -0.15) is 0 Å². The summed E-state index contributed by atoms with van der Waals surface area (Å²) < 4.78 is 13.8. The second kappa shape index (κ2) is 9.62. The molecule has 150 valence electrons. The van der Waals surface area contributed by atoms with Crippen molar-refractivity contribution in [2.24, 2.45) is 11.8 Å². The van der Waals surface area contributed by atoms with Gasteiger partial charge in [0.2, 0.25) is 5.91 Å². The summed E-state index contributed by atoms with van der Waals surface area (Å²) in [4.78, 5) is 19.1. The number of carbonyl (C=O) groups is 1. The molecule has 1 N–H and O–H groups in total. The number of aliphatic hydroxyl groups is 1. The Labute approximate surface area is 161 Å². The normalized spacial score (nSPS) is 23.9. The van der Waals surface area contributed by atoms with Gasteiger partial charge >= 0.3 is 0 Å². The number of benzene rings is 1. The van der Waals surface area contributed by atoms with Crippen LogP contribution in [0.5, 0.6) is 0 Å². The van der Waals surface area contributed by atoms with Crippen LogP contribution >= 0.6 is 0 Å². The Morgan fingerprint density at radius 1 is 1.22 bits per heavy atom. The number of halogens is 1. The van der Waals surface area contributed by atoms with Crippen LogP contribution in [0.2, 0.25) is 0 Å². The van der Waals surface area contributed by atoms with E-state index in [0.29, 0.717) is 24.6 Å². The van der Waals surface area contributed by atoms with Gasteiger partial charge in [-0.3, -0.25) is 9.69 Å². The van der Waals surface area contributed by atoms with Crippen LogP contribution in [0.25, 0.3) is 0 Å². The quantitative estimate of drug-likeness (QED) is 0.787.